The van der Waals surface area contributed by atoms with Crippen molar-refractivity contribution in [2.75, 3.05) is 14.2 Å². The summed E-state index contributed by atoms with van der Waals surface area (Å²) in [5.41, 5.74) is -0.477. The van der Waals surface area contributed by atoms with E-state index in [1.165, 1.54) is 12.1 Å². The van der Waals surface area contributed by atoms with Crippen LogP contribution in [0.2, 0.25) is 0 Å². The largest absolute Gasteiger partial charge is 0.467 e. The molecule has 1 aromatic carbocycles. The van der Waals surface area contributed by atoms with Gasteiger partial charge in [-0.15, -0.1) is 0 Å². The summed E-state index contributed by atoms with van der Waals surface area (Å²) in [6, 6.07) is 3.83. The first-order valence-electron chi connectivity index (χ1n) is 15.9. The fourth-order valence-electron chi connectivity index (χ4n) is 5.10. The van der Waals surface area contributed by atoms with Crippen LogP contribution < -0.4 is 4.74 Å². The molecular weight excluding hydrogens is 894 g/mol. The smallest absolute Gasteiger partial charge is 0.339 e. The molecule has 2 heterocycles. The van der Waals surface area contributed by atoms with Gasteiger partial charge in [0, 0.05) is 52.1 Å². The number of alkyl halides is 1. The van der Waals surface area contributed by atoms with E-state index in [0.717, 1.165) is 61.8 Å². The third kappa shape index (κ3) is 13.4. The minimum Gasteiger partial charge on any atom is -0.467 e. The van der Waals surface area contributed by atoms with E-state index in [0.29, 0.717) is 4.47 Å². The summed E-state index contributed by atoms with van der Waals surface area (Å²) in [5, 5.41) is 10.5. The summed E-state index contributed by atoms with van der Waals surface area (Å²) in [4.78, 5) is 104. The molecule has 0 saturated carbocycles. The quantitative estimate of drug-likeness (QED) is 0.0999. The van der Waals surface area contributed by atoms with Crippen molar-refractivity contribution in [2.24, 2.45) is 0 Å². The Morgan fingerprint density at radius 2 is 0.982 bits per heavy atom. The Morgan fingerprint density at radius 3 is 1.39 bits per heavy atom. The van der Waals surface area contributed by atoms with E-state index in [4.69, 9.17) is 42.6 Å². The van der Waals surface area contributed by atoms with E-state index < -0.39 is 119 Å². The molecule has 2 aliphatic rings. The van der Waals surface area contributed by atoms with Crippen molar-refractivity contribution in [3.8, 4) is 5.75 Å². The van der Waals surface area contributed by atoms with Gasteiger partial charge < -0.3 is 52.1 Å². The third-order valence-corrected chi connectivity index (χ3v) is 8.25. The van der Waals surface area contributed by atoms with Gasteiger partial charge in [0.05, 0.1) is 19.1 Å². The van der Waals surface area contributed by atoms with Gasteiger partial charge in [0.15, 0.2) is 47.7 Å². The topological polar surface area (TPSA) is 281 Å². The molecule has 0 aromatic heterocycles. The van der Waals surface area contributed by atoms with Crippen molar-refractivity contribution in [3.63, 3.8) is 0 Å². The lowest BCUT2D eigenvalue weighted by Crippen LogP contribution is -2.64. The number of esters is 8. The highest BCUT2D eigenvalue weighted by atomic mass is 79.9. The molecule has 310 valence electrons. The van der Waals surface area contributed by atoms with Gasteiger partial charge in [0.2, 0.25) is 18.1 Å². The zero-order chi connectivity index (χ0) is 42.6. The molecule has 0 bridgehead atoms. The van der Waals surface area contributed by atoms with E-state index >= 15 is 0 Å². The number of nitro benzene ring substituents is 1. The normalized spacial score (nSPS) is 26.6. The minimum absolute atomic E-state index is 0.304. The number of nitro groups is 1. The van der Waals surface area contributed by atoms with Crippen molar-refractivity contribution in [3.05, 3.63) is 32.8 Å². The van der Waals surface area contributed by atoms with Crippen LogP contribution in [0, 0.1) is 10.1 Å². The van der Waals surface area contributed by atoms with Gasteiger partial charge in [-0.05, 0) is 12.1 Å². The number of benzene rings is 1. The standard InChI is InChI=1S/C19H20BrNO12.C13H17BrO9/c1-8(22)29-14-15(30-9(2)23)17(31-10(3)24)19(33-16(14)18(25)28-4)32-13-6-5-11(20)7-12(13)21(26)27;1-5(15)20-8-9(21-6(2)16)11(13(18)19-4)23-12(14)10(8)22-7(3)17/h5-7,14-17,19H,1-4H3;8-12H,1-4H3/t14-,15-,16-,17+,19+;8-,9-,10+,11-,12-/m00/s1. The number of rotatable bonds is 11. The van der Waals surface area contributed by atoms with Gasteiger partial charge in [-0.1, -0.05) is 31.9 Å². The van der Waals surface area contributed by atoms with Gasteiger partial charge in [0.25, 0.3) is 0 Å². The van der Waals surface area contributed by atoms with Crippen LogP contribution in [0.5, 0.6) is 5.75 Å². The van der Waals surface area contributed by atoms with Crippen LogP contribution in [0.3, 0.4) is 0 Å². The predicted octanol–water partition coefficient (Wildman–Crippen LogP) is 1.50. The molecule has 10 atom stereocenters. The summed E-state index contributed by atoms with van der Waals surface area (Å²) in [5.74, 6) is -6.88. The Bertz CT molecular complexity index is 1670. The van der Waals surface area contributed by atoms with Crippen LogP contribution in [-0.4, -0.2) is 127 Å². The lowest BCUT2D eigenvalue weighted by molar-refractivity contribution is -0.387. The van der Waals surface area contributed by atoms with Gasteiger partial charge in [-0.3, -0.25) is 38.9 Å². The van der Waals surface area contributed by atoms with Crippen LogP contribution >= 0.6 is 31.9 Å². The second-order valence-electron chi connectivity index (χ2n) is 11.3. The van der Waals surface area contributed by atoms with Crippen LogP contribution in [-0.2, 0) is 85.7 Å². The summed E-state index contributed by atoms with van der Waals surface area (Å²) in [6.45, 7) is 6.50. The summed E-state index contributed by atoms with van der Waals surface area (Å²) >= 11 is 6.22. The first-order chi connectivity index (χ1) is 26.1. The van der Waals surface area contributed by atoms with Crippen molar-refractivity contribution < 1.29 is 95.4 Å². The average Bonchev–Trinajstić information content (AvgIpc) is 3.08. The van der Waals surface area contributed by atoms with Crippen LogP contribution in [0.25, 0.3) is 0 Å². The van der Waals surface area contributed by atoms with Crippen LogP contribution in [0.1, 0.15) is 41.5 Å². The number of carbonyl (C=O) groups excluding carboxylic acids is 8. The fourth-order valence-corrected chi connectivity index (χ4v) is 6.09. The molecule has 22 nitrogen and oxygen atoms in total. The zero-order valence-corrected chi connectivity index (χ0v) is 34.0. The highest BCUT2D eigenvalue weighted by molar-refractivity contribution is 9.10. The molecule has 1 aromatic rings. The third-order valence-electron chi connectivity index (χ3n) is 7.02. The van der Waals surface area contributed by atoms with E-state index in [-0.39, 0.29) is 5.75 Å². The van der Waals surface area contributed by atoms with Crippen molar-refractivity contribution in [1.82, 2.24) is 0 Å². The van der Waals surface area contributed by atoms with Crippen molar-refractivity contribution in [2.45, 2.75) is 102 Å². The summed E-state index contributed by atoms with van der Waals surface area (Å²) in [6.07, 6.45) is -13.2. The predicted molar refractivity (Wildman–Crippen MR) is 185 cm³/mol. The zero-order valence-electron chi connectivity index (χ0n) is 30.8. The molecule has 56 heavy (non-hydrogen) atoms. The maximum absolute atomic E-state index is 12.4. The number of methoxy groups -OCH3 is 2. The number of ether oxygens (including phenoxy) is 11. The molecule has 2 fully saturated rings. The molecule has 0 unspecified atom stereocenters. The monoisotopic (exact) mass is 929 g/mol. The second-order valence-corrected chi connectivity index (χ2v) is 13.1. The lowest BCUT2D eigenvalue weighted by Gasteiger charge is -2.42. The molecule has 3 rings (SSSR count). The highest BCUT2D eigenvalue weighted by Crippen LogP contribution is 2.36. The maximum atomic E-state index is 12.4. The average molecular weight is 931 g/mol. The Balaban J connectivity index is 0.000000413. The van der Waals surface area contributed by atoms with E-state index in [1.807, 2.05) is 0 Å². The number of halogens is 2. The molecule has 0 spiro atoms. The first kappa shape index (κ1) is 47.2. The fraction of sp³-hybridized carbons (Fsp3) is 0.562. The molecular formula is C32H37Br2NO21. The van der Waals surface area contributed by atoms with Crippen molar-refractivity contribution >= 4 is 85.3 Å². The van der Waals surface area contributed by atoms with Crippen LogP contribution in [0.4, 0.5) is 5.69 Å². The molecule has 2 aliphatic heterocycles. The Morgan fingerprint density at radius 1 is 0.607 bits per heavy atom. The van der Waals surface area contributed by atoms with Crippen LogP contribution in [0.15, 0.2) is 22.7 Å². The molecule has 0 amide bonds. The molecule has 0 radical (unpaired) electrons. The number of hydrogen-bond acceptors (Lipinski definition) is 21. The number of nitrogens with zero attached hydrogens (tertiary/aromatic N) is 1. The first-order valence-corrected chi connectivity index (χ1v) is 17.6. The number of hydrogen-bond donors (Lipinski definition) is 0. The minimum atomic E-state index is -1.70. The maximum Gasteiger partial charge on any atom is 0.339 e. The molecule has 0 aliphatic carbocycles. The van der Waals surface area contributed by atoms with E-state index in [1.54, 1.807) is 0 Å². The van der Waals surface area contributed by atoms with E-state index in [2.05, 4.69) is 41.3 Å². The molecule has 2 saturated heterocycles. The summed E-state index contributed by atoms with van der Waals surface area (Å²) in [7, 11) is 2.16. The SMILES string of the molecule is COC(=O)[C@H]1O[C@@H](Oc2ccc(Br)cc2[N+](=O)[O-])[C@H](OC(C)=O)[C@@H](OC(C)=O)[C@@H]1OC(C)=O.COC(=O)[C@H]1O[C@H](Br)[C@H](OC(C)=O)[C@@H](OC(C)=O)[C@@H]1OC(C)=O. The van der Waals surface area contributed by atoms with Gasteiger partial charge in [0.1, 0.15) is 0 Å². The van der Waals surface area contributed by atoms with Gasteiger partial charge in [-0.2, -0.15) is 0 Å². The Labute approximate surface area is 334 Å². The Kier molecular flexibility index (Phi) is 18.0. The molecule has 24 heteroatoms. The highest BCUT2D eigenvalue weighted by Gasteiger charge is 2.56. The lowest BCUT2D eigenvalue weighted by atomic mass is 9.97. The Hall–Kier alpha value is -4.94. The molecule has 0 N–H and O–H groups in total. The summed E-state index contributed by atoms with van der Waals surface area (Å²) < 4.78 is 56.9. The van der Waals surface area contributed by atoms with Gasteiger partial charge >= 0.3 is 53.4 Å². The van der Waals surface area contributed by atoms with Crippen molar-refractivity contribution in [1.29, 1.82) is 0 Å². The second kappa shape index (κ2) is 21.4. The number of carbonyl (C=O) groups is 8. The van der Waals surface area contributed by atoms with E-state index in [9.17, 15) is 48.5 Å². The van der Waals surface area contributed by atoms with Gasteiger partial charge in [-0.25, -0.2) is 9.59 Å².